The maximum atomic E-state index is 13.2. The quantitative estimate of drug-likeness (QED) is 0.438. The van der Waals surface area contributed by atoms with Crippen molar-refractivity contribution in [1.29, 1.82) is 0 Å². The summed E-state index contributed by atoms with van der Waals surface area (Å²) in [6.45, 7) is 3.62. The number of furan rings is 1. The maximum absolute atomic E-state index is 13.2. The zero-order chi connectivity index (χ0) is 24.7. The summed E-state index contributed by atoms with van der Waals surface area (Å²) in [5, 5.41) is 1.00. The molecule has 0 bridgehead atoms. The first-order valence-corrected chi connectivity index (χ1v) is 14.0. The van der Waals surface area contributed by atoms with Crippen LogP contribution in [-0.4, -0.2) is 76.0 Å². The second kappa shape index (κ2) is 9.91. The number of ether oxygens (including phenoxy) is 1. The molecule has 0 radical (unpaired) electrons. The number of piperazine rings is 1. The smallest absolute Gasteiger partial charge is 0.289 e. The fraction of sp³-hybridized carbons (Fsp3) is 0.348. The van der Waals surface area contributed by atoms with Gasteiger partial charge in [0.05, 0.1) is 33.4 Å². The van der Waals surface area contributed by atoms with Crippen LogP contribution < -0.4 is 4.90 Å². The van der Waals surface area contributed by atoms with Crippen molar-refractivity contribution in [3.8, 4) is 0 Å². The highest BCUT2D eigenvalue weighted by Crippen LogP contribution is 2.37. The number of carbonyl (C=O) groups excluding carboxylic acids is 1. The molecule has 0 spiro atoms. The third kappa shape index (κ3) is 4.68. The van der Waals surface area contributed by atoms with Crippen molar-refractivity contribution >= 4 is 71.7 Å². The topological polar surface area (TPSA) is 83.3 Å². The average molecular weight is 603 g/mol. The van der Waals surface area contributed by atoms with E-state index in [0.717, 1.165) is 15.5 Å². The second-order valence-electron chi connectivity index (χ2n) is 8.27. The van der Waals surface area contributed by atoms with Gasteiger partial charge in [-0.15, -0.1) is 0 Å². The number of anilines is 1. The fourth-order valence-corrected chi connectivity index (χ4v) is 7.57. The number of benzene rings is 2. The Balaban J connectivity index is 1.34. The van der Waals surface area contributed by atoms with Gasteiger partial charge in [-0.25, -0.2) is 8.42 Å². The van der Waals surface area contributed by atoms with E-state index in [4.69, 9.17) is 32.4 Å². The highest BCUT2D eigenvalue weighted by Gasteiger charge is 2.32. The number of fused-ring (bicyclic) bond motifs is 1. The van der Waals surface area contributed by atoms with E-state index < -0.39 is 10.0 Å². The SMILES string of the molecule is O=C(c1cc2c(Br)c(N3CCN(S(=O)(=O)c4c(Cl)cccc4Cl)CC3)ccc2o1)N1CCOCC1. The van der Waals surface area contributed by atoms with E-state index in [1.165, 1.54) is 16.4 Å². The summed E-state index contributed by atoms with van der Waals surface area (Å²) in [6.07, 6.45) is 0. The number of nitrogens with zero attached hydrogens (tertiary/aromatic N) is 3. The van der Waals surface area contributed by atoms with Gasteiger partial charge in [-0.3, -0.25) is 4.79 Å². The van der Waals surface area contributed by atoms with Crippen LogP contribution in [0.2, 0.25) is 10.0 Å². The molecular weight excluding hydrogens is 581 g/mol. The largest absolute Gasteiger partial charge is 0.451 e. The predicted molar refractivity (Wildman–Crippen MR) is 138 cm³/mol. The van der Waals surface area contributed by atoms with Gasteiger partial charge in [0.15, 0.2) is 5.76 Å². The molecule has 186 valence electrons. The van der Waals surface area contributed by atoms with Crippen molar-refractivity contribution in [1.82, 2.24) is 9.21 Å². The monoisotopic (exact) mass is 601 g/mol. The van der Waals surface area contributed by atoms with Crippen molar-refractivity contribution < 1.29 is 22.4 Å². The molecule has 1 amide bonds. The first kappa shape index (κ1) is 24.9. The molecule has 0 unspecified atom stereocenters. The van der Waals surface area contributed by atoms with Crippen LogP contribution in [0, 0.1) is 0 Å². The van der Waals surface area contributed by atoms with Gasteiger partial charge in [0.25, 0.3) is 5.91 Å². The third-order valence-corrected chi connectivity index (χ3v) is 9.91. The predicted octanol–water partition coefficient (Wildman–Crippen LogP) is 4.49. The van der Waals surface area contributed by atoms with E-state index in [1.54, 1.807) is 17.0 Å². The fourth-order valence-electron chi connectivity index (χ4n) is 4.37. The van der Waals surface area contributed by atoms with Crippen LogP contribution in [0.5, 0.6) is 0 Å². The van der Waals surface area contributed by atoms with Crippen LogP contribution in [0.25, 0.3) is 11.0 Å². The summed E-state index contributed by atoms with van der Waals surface area (Å²) < 4.78 is 39.7. The van der Waals surface area contributed by atoms with Crippen LogP contribution in [0.3, 0.4) is 0 Å². The molecule has 5 rings (SSSR count). The number of halogens is 3. The van der Waals surface area contributed by atoms with E-state index in [0.29, 0.717) is 45.0 Å². The summed E-state index contributed by atoms with van der Waals surface area (Å²) >= 11 is 16.0. The molecule has 1 aromatic heterocycles. The van der Waals surface area contributed by atoms with Crippen LogP contribution in [0.15, 0.2) is 50.2 Å². The van der Waals surface area contributed by atoms with Crippen molar-refractivity contribution in [2.24, 2.45) is 0 Å². The molecule has 0 aliphatic carbocycles. The summed E-state index contributed by atoms with van der Waals surface area (Å²) in [4.78, 5) is 16.6. The third-order valence-electron chi connectivity index (χ3n) is 6.22. The van der Waals surface area contributed by atoms with Crippen molar-refractivity contribution in [3.05, 3.63) is 56.7 Å². The molecule has 2 aliphatic rings. The van der Waals surface area contributed by atoms with Gasteiger partial charge in [0, 0.05) is 44.7 Å². The molecule has 3 aromatic rings. The molecule has 8 nitrogen and oxygen atoms in total. The van der Waals surface area contributed by atoms with Crippen molar-refractivity contribution in [2.75, 3.05) is 57.4 Å². The summed E-state index contributed by atoms with van der Waals surface area (Å²) in [6, 6.07) is 10.1. The Kier molecular flexibility index (Phi) is 7.04. The van der Waals surface area contributed by atoms with Gasteiger partial charge in [0.1, 0.15) is 10.5 Å². The Labute approximate surface area is 221 Å². The molecule has 2 fully saturated rings. The molecule has 0 atom stereocenters. The van der Waals surface area contributed by atoms with Crippen LogP contribution in [-0.2, 0) is 14.8 Å². The molecule has 0 saturated carbocycles. The Morgan fingerprint density at radius 1 is 0.943 bits per heavy atom. The second-order valence-corrected chi connectivity index (χ2v) is 11.7. The van der Waals surface area contributed by atoms with Gasteiger partial charge in [-0.1, -0.05) is 29.3 Å². The Morgan fingerprint density at radius 2 is 1.60 bits per heavy atom. The summed E-state index contributed by atoms with van der Waals surface area (Å²) in [7, 11) is -3.83. The number of morpholine rings is 1. The number of carbonyl (C=O) groups is 1. The normalized spacial score (nSPS) is 17.8. The molecule has 2 saturated heterocycles. The standard InChI is InChI=1S/C23H22BrCl2N3O5S/c24-21-15-14-20(23(30)28-10-12-33-13-11-28)34-19(15)5-4-18(21)27-6-8-29(9-7-27)35(31,32)22-16(25)2-1-3-17(22)26/h1-5,14H,6-13H2. The lowest BCUT2D eigenvalue weighted by Gasteiger charge is -2.36. The molecule has 0 N–H and O–H groups in total. The van der Waals surface area contributed by atoms with Crippen LogP contribution in [0.4, 0.5) is 5.69 Å². The maximum Gasteiger partial charge on any atom is 0.289 e. The van der Waals surface area contributed by atoms with Crippen molar-refractivity contribution in [2.45, 2.75) is 4.90 Å². The average Bonchev–Trinajstić information content (AvgIpc) is 3.30. The van der Waals surface area contributed by atoms with Gasteiger partial charge in [-0.2, -0.15) is 4.31 Å². The van der Waals surface area contributed by atoms with E-state index in [1.807, 2.05) is 12.1 Å². The Bertz CT molecular complexity index is 1360. The first-order chi connectivity index (χ1) is 16.8. The van der Waals surface area contributed by atoms with E-state index in [2.05, 4.69) is 20.8 Å². The van der Waals surface area contributed by atoms with E-state index >= 15 is 0 Å². The molecular formula is C23H22BrCl2N3O5S. The highest BCUT2D eigenvalue weighted by atomic mass is 79.9. The lowest BCUT2D eigenvalue weighted by atomic mass is 10.2. The minimum absolute atomic E-state index is 0.0600. The van der Waals surface area contributed by atoms with Gasteiger partial charge in [0.2, 0.25) is 10.0 Å². The Morgan fingerprint density at radius 3 is 2.26 bits per heavy atom. The van der Waals surface area contributed by atoms with E-state index in [9.17, 15) is 13.2 Å². The molecule has 2 aromatic carbocycles. The minimum Gasteiger partial charge on any atom is -0.451 e. The highest BCUT2D eigenvalue weighted by molar-refractivity contribution is 9.10. The zero-order valence-electron chi connectivity index (χ0n) is 18.5. The van der Waals surface area contributed by atoms with E-state index in [-0.39, 0.29) is 39.7 Å². The molecule has 3 heterocycles. The molecule has 12 heteroatoms. The number of amides is 1. The summed E-state index contributed by atoms with van der Waals surface area (Å²) in [5.41, 5.74) is 1.50. The lowest BCUT2D eigenvalue weighted by Crippen LogP contribution is -2.48. The minimum atomic E-state index is -3.83. The molecule has 35 heavy (non-hydrogen) atoms. The summed E-state index contributed by atoms with van der Waals surface area (Å²) in [5.74, 6) is 0.127. The number of hydrogen-bond donors (Lipinski definition) is 0. The number of hydrogen-bond acceptors (Lipinski definition) is 6. The van der Waals surface area contributed by atoms with Crippen LogP contribution >= 0.6 is 39.1 Å². The Hall–Kier alpha value is -1.82. The van der Waals surface area contributed by atoms with Crippen molar-refractivity contribution in [3.63, 3.8) is 0 Å². The molecule has 2 aliphatic heterocycles. The lowest BCUT2D eigenvalue weighted by molar-refractivity contribution is 0.0284. The first-order valence-electron chi connectivity index (χ1n) is 11.1. The van der Waals surface area contributed by atoms with Crippen LogP contribution in [0.1, 0.15) is 10.6 Å². The van der Waals surface area contributed by atoms with Gasteiger partial charge < -0.3 is 19.0 Å². The number of rotatable bonds is 4. The van der Waals surface area contributed by atoms with Gasteiger partial charge in [-0.05, 0) is 46.3 Å². The zero-order valence-corrected chi connectivity index (χ0v) is 22.5. The number of sulfonamides is 1. The van der Waals surface area contributed by atoms with Gasteiger partial charge >= 0.3 is 0 Å².